The summed E-state index contributed by atoms with van der Waals surface area (Å²) >= 11 is 0. The molecule has 20 heavy (non-hydrogen) atoms. The molecule has 4 N–H and O–H groups in total. The van der Waals surface area contributed by atoms with Gasteiger partial charge in [0.05, 0.1) is 13.1 Å². The van der Waals surface area contributed by atoms with E-state index in [2.05, 4.69) is 48.7 Å². The first-order valence-corrected chi connectivity index (χ1v) is 6.66. The lowest BCUT2D eigenvalue weighted by molar-refractivity contribution is -0.125. The molecule has 0 heterocycles. The molecule has 0 fully saturated rings. The number of nitrogens with one attached hydrogen (secondary N) is 2. The third-order valence-corrected chi connectivity index (χ3v) is 3.19. The summed E-state index contributed by atoms with van der Waals surface area (Å²) in [7, 11) is 0. The normalized spacial score (nSPS) is 11.0. The molecule has 0 atom stereocenters. The summed E-state index contributed by atoms with van der Waals surface area (Å²) in [5.74, 6) is -0.551. The Kier molecular flexibility index (Phi) is 5.70. The molecule has 0 aliphatic heterocycles. The van der Waals surface area contributed by atoms with E-state index in [0.29, 0.717) is 6.54 Å². The molecule has 0 aromatic heterocycles. The van der Waals surface area contributed by atoms with Crippen molar-refractivity contribution >= 4 is 11.8 Å². The van der Waals surface area contributed by atoms with Crippen LogP contribution in [0.2, 0.25) is 0 Å². The summed E-state index contributed by atoms with van der Waals surface area (Å²) in [4.78, 5) is 22.6. The molecular formula is C15H23N3O2. The number of nitrogens with two attached hydrogens (primary N) is 1. The van der Waals surface area contributed by atoms with E-state index in [4.69, 9.17) is 5.73 Å². The van der Waals surface area contributed by atoms with Crippen LogP contribution in [0.15, 0.2) is 24.3 Å². The Balaban J connectivity index is 2.48. The lowest BCUT2D eigenvalue weighted by atomic mass is 9.84. The standard InChI is InChI=1S/C15H23N3O2/c1-11-4-6-12(7-5-11)15(2,3)10-18-14(20)9-17-13(19)8-16/h4-7H,8-10,16H2,1-3H3,(H,17,19)(H,18,20). The molecular weight excluding hydrogens is 254 g/mol. The van der Waals surface area contributed by atoms with Gasteiger partial charge in [0, 0.05) is 12.0 Å². The Morgan fingerprint density at radius 2 is 1.70 bits per heavy atom. The van der Waals surface area contributed by atoms with Gasteiger partial charge in [-0.05, 0) is 12.5 Å². The number of amides is 2. The van der Waals surface area contributed by atoms with Crippen molar-refractivity contribution in [2.24, 2.45) is 5.73 Å². The van der Waals surface area contributed by atoms with E-state index in [0.717, 1.165) is 5.56 Å². The van der Waals surface area contributed by atoms with Gasteiger partial charge in [-0.15, -0.1) is 0 Å². The first-order chi connectivity index (χ1) is 9.35. The van der Waals surface area contributed by atoms with Gasteiger partial charge in [-0.25, -0.2) is 0 Å². The van der Waals surface area contributed by atoms with E-state index in [9.17, 15) is 9.59 Å². The van der Waals surface area contributed by atoms with Crippen LogP contribution in [-0.2, 0) is 15.0 Å². The number of aryl methyl sites for hydroxylation is 1. The lowest BCUT2D eigenvalue weighted by Crippen LogP contribution is -2.43. The second kappa shape index (κ2) is 7.05. The third-order valence-electron chi connectivity index (χ3n) is 3.19. The van der Waals surface area contributed by atoms with Gasteiger partial charge < -0.3 is 16.4 Å². The summed E-state index contributed by atoms with van der Waals surface area (Å²) in [6, 6.07) is 8.25. The van der Waals surface area contributed by atoms with E-state index in [-0.39, 0.29) is 30.3 Å². The highest BCUT2D eigenvalue weighted by Gasteiger charge is 2.21. The molecule has 1 aromatic carbocycles. The zero-order chi connectivity index (χ0) is 15.2. The molecule has 0 aliphatic rings. The molecule has 5 heteroatoms. The van der Waals surface area contributed by atoms with Crippen LogP contribution < -0.4 is 16.4 Å². The van der Waals surface area contributed by atoms with Crippen molar-refractivity contribution in [3.63, 3.8) is 0 Å². The van der Waals surface area contributed by atoms with Crippen LogP contribution in [0.3, 0.4) is 0 Å². The van der Waals surface area contributed by atoms with Crippen LogP contribution in [0.4, 0.5) is 0 Å². The average Bonchev–Trinajstić information content (AvgIpc) is 2.43. The van der Waals surface area contributed by atoms with Gasteiger partial charge in [0.15, 0.2) is 0 Å². The SMILES string of the molecule is Cc1ccc(C(C)(C)CNC(=O)CNC(=O)CN)cc1. The molecule has 1 rings (SSSR count). The predicted octanol–water partition coefficient (Wildman–Crippen LogP) is 0.464. The number of carbonyl (C=O) groups excluding carboxylic acids is 2. The highest BCUT2D eigenvalue weighted by molar-refractivity contribution is 5.85. The minimum Gasteiger partial charge on any atom is -0.354 e. The van der Waals surface area contributed by atoms with Gasteiger partial charge in [-0.3, -0.25) is 9.59 Å². The van der Waals surface area contributed by atoms with E-state index >= 15 is 0 Å². The molecule has 0 saturated heterocycles. The fourth-order valence-corrected chi connectivity index (χ4v) is 1.74. The maximum Gasteiger partial charge on any atom is 0.239 e. The third kappa shape index (κ3) is 5.01. The Bertz CT molecular complexity index is 467. The number of hydrogen-bond donors (Lipinski definition) is 3. The second-order valence-electron chi connectivity index (χ2n) is 5.51. The molecule has 5 nitrogen and oxygen atoms in total. The fourth-order valence-electron chi connectivity index (χ4n) is 1.74. The van der Waals surface area contributed by atoms with Crippen molar-refractivity contribution in [3.8, 4) is 0 Å². The molecule has 0 aliphatic carbocycles. The van der Waals surface area contributed by atoms with E-state index in [1.807, 2.05) is 6.92 Å². The topological polar surface area (TPSA) is 84.2 Å². The molecule has 2 amide bonds. The maximum absolute atomic E-state index is 11.6. The van der Waals surface area contributed by atoms with Crippen molar-refractivity contribution in [2.75, 3.05) is 19.6 Å². The zero-order valence-electron chi connectivity index (χ0n) is 12.3. The van der Waals surface area contributed by atoms with Crippen LogP contribution in [0, 0.1) is 6.92 Å². The van der Waals surface area contributed by atoms with Crippen LogP contribution >= 0.6 is 0 Å². The summed E-state index contributed by atoms with van der Waals surface area (Å²) in [5, 5.41) is 5.26. The molecule has 0 radical (unpaired) electrons. The monoisotopic (exact) mass is 277 g/mol. The number of carbonyl (C=O) groups is 2. The Morgan fingerprint density at radius 3 is 2.25 bits per heavy atom. The number of rotatable bonds is 6. The van der Waals surface area contributed by atoms with Gasteiger partial charge >= 0.3 is 0 Å². The molecule has 110 valence electrons. The van der Waals surface area contributed by atoms with Gasteiger partial charge in [-0.2, -0.15) is 0 Å². The van der Waals surface area contributed by atoms with Gasteiger partial charge in [0.2, 0.25) is 11.8 Å². The number of benzene rings is 1. The summed E-state index contributed by atoms with van der Waals surface area (Å²) in [5.41, 5.74) is 7.35. The zero-order valence-corrected chi connectivity index (χ0v) is 12.3. The van der Waals surface area contributed by atoms with Gasteiger partial charge in [0.25, 0.3) is 0 Å². The summed E-state index contributed by atoms with van der Waals surface area (Å²) < 4.78 is 0. The number of hydrogen-bond acceptors (Lipinski definition) is 3. The molecule has 1 aromatic rings. The lowest BCUT2D eigenvalue weighted by Gasteiger charge is -2.26. The first-order valence-electron chi connectivity index (χ1n) is 6.66. The summed E-state index contributed by atoms with van der Waals surface area (Å²) in [6.07, 6.45) is 0. The minimum absolute atomic E-state index is 0.0417. The van der Waals surface area contributed by atoms with E-state index < -0.39 is 0 Å². The minimum atomic E-state index is -0.335. The van der Waals surface area contributed by atoms with Gasteiger partial charge in [0.1, 0.15) is 0 Å². The molecule has 0 saturated carbocycles. The van der Waals surface area contributed by atoms with Crippen molar-refractivity contribution in [1.29, 1.82) is 0 Å². The summed E-state index contributed by atoms with van der Waals surface area (Å²) in [6.45, 7) is 6.53. The average molecular weight is 277 g/mol. The van der Waals surface area contributed by atoms with Crippen molar-refractivity contribution < 1.29 is 9.59 Å². The highest BCUT2D eigenvalue weighted by Crippen LogP contribution is 2.22. The fraction of sp³-hybridized carbons (Fsp3) is 0.467. The molecule has 0 spiro atoms. The highest BCUT2D eigenvalue weighted by atomic mass is 16.2. The maximum atomic E-state index is 11.6. The van der Waals surface area contributed by atoms with Crippen molar-refractivity contribution in [2.45, 2.75) is 26.2 Å². The molecule has 0 bridgehead atoms. The molecule has 0 unspecified atom stereocenters. The van der Waals surface area contributed by atoms with Crippen LogP contribution in [-0.4, -0.2) is 31.4 Å². The van der Waals surface area contributed by atoms with E-state index in [1.165, 1.54) is 5.56 Å². The van der Waals surface area contributed by atoms with E-state index in [1.54, 1.807) is 0 Å². The quantitative estimate of drug-likeness (QED) is 0.706. The largest absolute Gasteiger partial charge is 0.354 e. The smallest absolute Gasteiger partial charge is 0.239 e. The Labute approximate surface area is 119 Å². The van der Waals surface area contributed by atoms with Gasteiger partial charge in [-0.1, -0.05) is 43.7 Å². The Hall–Kier alpha value is -1.88. The Morgan fingerprint density at radius 1 is 1.10 bits per heavy atom. The predicted molar refractivity (Wildman–Crippen MR) is 79.3 cm³/mol. The first kappa shape index (κ1) is 16.2. The second-order valence-corrected chi connectivity index (χ2v) is 5.51. The van der Waals surface area contributed by atoms with Crippen LogP contribution in [0.5, 0.6) is 0 Å². The van der Waals surface area contributed by atoms with Crippen molar-refractivity contribution in [1.82, 2.24) is 10.6 Å². The van der Waals surface area contributed by atoms with Crippen LogP contribution in [0.1, 0.15) is 25.0 Å². The van der Waals surface area contributed by atoms with Crippen molar-refractivity contribution in [3.05, 3.63) is 35.4 Å². The van der Waals surface area contributed by atoms with Crippen LogP contribution in [0.25, 0.3) is 0 Å².